The average molecular weight is 275 g/mol. The molecule has 2 heterocycles. The van der Waals surface area contributed by atoms with Crippen molar-refractivity contribution in [1.29, 1.82) is 0 Å². The van der Waals surface area contributed by atoms with Gasteiger partial charge in [-0.15, -0.1) is 0 Å². The lowest BCUT2D eigenvalue weighted by Gasteiger charge is -2.20. The van der Waals surface area contributed by atoms with Crippen molar-refractivity contribution < 1.29 is 0 Å². The fourth-order valence-corrected chi connectivity index (χ4v) is 2.70. The standard InChI is InChI=1S/C15H25N5/c1-6-9-16-15(13-8-10-17-20(13)7-2)14-11(3)18-19(5)12(14)4/h8,10,15-16H,6-7,9H2,1-5H3. The Hall–Kier alpha value is -1.62. The molecule has 0 amide bonds. The molecule has 1 unspecified atom stereocenters. The van der Waals surface area contributed by atoms with Crippen molar-refractivity contribution in [3.05, 3.63) is 34.9 Å². The summed E-state index contributed by atoms with van der Waals surface area (Å²) in [5.74, 6) is 0. The van der Waals surface area contributed by atoms with Gasteiger partial charge >= 0.3 is 0 Å². The molecule has 1 atom stereocenters. The van der Waals surface area contributed by atoms with Gasteiger partial charge in [0.15, 0.2) is 0 Å². The van der Waals surface area contributed by atoms with Gasteiger partial charge in [0.1, 0.15) is 0 Å². The molecule has 2 rings (SSSR count). The highest BCUT2D eigenvalue weighted by molar-refractivity contribution is 5.34. The van der Waals surface area contributed by atoms with E-state index in [1.54, 1.807) is 0 Å². The fourth-order valence-electron chi connectivity index (χ4n) is 2.70. The number of rotatable bonds is 6. The number of hydrogen-bond donors (Lipinski definition) is 1. The van der Waals surface area contributed by atoms with Crippen LogP contribution in [0.4, 0.5) is 0 Å². The molecule has 0 spiro atoms. The first-order valence-electron chi connectivity index (χ1n) is 7.35. The molecule has 0 aliphatic carbocycles. The molecule has 5 heteroatoms. The monoisotopic (exact) mass is 275 g/mol. The lowest BCUT2D eigenvalue weighted by molar-refractivity contribution is 0.526. The molecular formula is C15H25N5. The van der Waals surface area contributed by atoms with E-state index >= 15 is 0 Å². The minimum Gasteiger partial charge on any atom is -0.305 e. The largest absolute Gasteiger partial charge is 0.305 e. The second-order valence-corrected chi connectivity index (χ2v) is 5.17. The smallest absolute Gasteiger partial charge is 0.0784 e. The number of hydrogen-bond acceptors (Lipinski definition) is 3. The van der Waals surface area contributed by atoms with E-state index in [-0.39, 0.29) is 6.04 Å². The Morgan fingerprint density at radius 1 is 1.30 bits per heavy atom. The van der Waals surface area contributed by atoms with Gasteiger partial charge in [0.25, 0.3) is 0 Å². The molecular weight excluding hydrogens is 250 g/mol. The molecule has 110 valence electrons. The third-order valence-corrected chi connectivity index (χ3v) is 3.80. The molecule has 0 bridgehead atoms. The Kier molecular flexibility index (Phi) is 4.60. The maximum atomic E-state index is 4.55. The van der Waals surface area contributed by atoms with Crippen LogP contribution in [0.15, 0.2) is 12.3 Å². The van der Waals surface area contributed by atoms with Crippen molar-refractivity contribution in [2.45, 2.75) is 46.7 Å². The van der Waals surface area contributed by atoms with Gasteiger partial charge in [-0.2, -0.15) is 10.2 Å². The van der Waals surface area contributed by atoms with Gasteiger partial charge in [-0.05, 0) is 39.8 Å². The van der Waals surface area contributed by atoms with E-state index in [2.05, 4.69) is 54.0 Å². The van der Waals surface area contributed by atoms with Gasteiger partial charge in [-0.1, -0.05) is 6.92 Å². The molecule has 2 aromatic heterocycles. The van der Waals surface area contributed by atoms with Crippen molar-refractivity contribution in [2.24, 2.45) is 7.05 Å². The molecule has 0 radical (unpaired) electrons. The summed E-state index contributed by atoms with van der Waals surface area (Å²) in [5.41, 5.74) is 4.78. The highest BCUT2D eigenvalue weighted by Crippen LogP contribution is 2.27. The van der Waals surface area contributed by atoms with E-state index in [1.807, 2.05) is 17.9 Å². The van der Waals surface area contributed by atoms with Gasteiger partial charge in [0.05, 0.1) is 17.4 Å². The first-order valence-corrected chi connectivity index (χ1v) is 7.35. The SMILES string of the molecule is CCCNC(c1c(C)nn(C)c1C)c1ccnn1CC. The Morgan fingerprint density at radius 3 is 2.60 bits per heavy atom. The topological polar surface area (TPSA) is 47.7 Å². The highest BCUT2D eigenvalue weighted by Gasteiger charge is 2.23. The van der Waals surface area contributed by atoms with Crippen molar-refractivity contribution >= 4 is 0 Å². The van der Waals surface area contributed by atoms with Crippen LogP contribution < -0.4 is 5.32 Å². The summed E-state index contributed by atoms with van der Waals surface area (Å²) in [5, 5.41) is 12.6. The van der Waals surface area contributed by atoms with Gasteiger partial charge in [-0.25, -0.2) is 0 Å². The number of aryl methyl sites for hydroxylation is 3. The van der Waals surface area contributed by atoms with E-state index in [9.17, 15) is 0 Å². The molecule has 0 aliphatic rings. The summed E-state index contributed by atoms with van der Waals surface area (Å²) in [7, 11) is 2.00. The first-order chi connectivity index (χ1) is 9.60. The predicted octanol–water partition coefficient (Wildman–Crippen LogP) is 2.34. The molecule has 0 saturated heterocycles. The minimum atomic E-state index is 0.158. The summed E-state index contributed by atoms with van der Waals surface area (Å²) in [6, 6.07) is 2.26. The van der Waals surface area contributed by atoms with Crippen LogP contribution in [0.5, 0.6) is 0 Å². The zero-order chi connectivity index (χ0) is 14.7. The second-order valence-electron chi connectivity index (χ2n) is 5.17. The minimum absolute atomic E-state index is 0.158. The van der Waals surface area contributed by atoms with Gasteiger partial charge in [0, 0.05) is 31.0 Å². The Bertz CT molecular complexity index is 567. The van der Waals surface area contributed by atoms with Crippen LogP contribution in [-0.4, -0.2) is 26.1 Å². The van der Waals surface area contributed by atoms with Crippen LogP contribution in [0, 0.1) is 13.8 Å². The summed E-state index contributed by atoms with van der Waals surface area (Å²) in [6.07, 6.45) is 2.98. The van der Waals surface area contributed by atoms with Crippen LogP contribution in [-0.2, 0) is 13.6 Å². The first kappa shape index (κ1) is 14.8. The maximum absolute atomic E-state index is 4.55. The van der Waals surface area contributed by atoms with Crippen LogP contribution in [0.25, 0.3) is 0 Å². The molecule has 0 saturated carbocycles. The third kappa shape index (κ3) is 2.63. The Labute approximate surface area is 121 Å². The van der Waals surface area contributed by atoms with Crippen molar-refractivity contribution in [3.63, 3.8) is 0 Å². The molecule has 5 nitrogen and oxygen atoms in total. The van der Waals surface area contributed by atoms with E-state index in [4.69, 9.17) is 0 Å². The average Bonchev–Trinajstić information content (AvgIpc) is 2.99. The molecule has 0 aliphatic heterocycles. The number of nitrogens with one attached hydrogen (secondary N) is 1. The van der Waals surface area contributed by atoms with Crippen LogP contribution in [0.3, 0.4) is 0 Å². The van der Waals surface area contributed by atoms with Crippen molar-refractivity contribution in [2.75, 3.05) is 6.54 Å². The third-order valence-electron chi connectivity index (χ3n) is 3.80. The Morgan fingerprint density at radius 2 is 2.05 bits per heavy atom. The molecule has 0 aromatic carbocycles. The van der Waals surface area contributed by atoms with E-state index < -0.39 is 0 Å². The highest BCUT2D eigenvalue weighted by atomic mass is 15.3. The second kappa shape index (κ2) is 6.22. The molecule has 0 fully saturated rings. The van der Waals surface area contributed by atoms with Crippen LogP contribution in [0.1, 0.15) is 49.0 Å². The Balaban J connectivity index is 2.47. The summed E-state index contributed by atoms with van der Waals surface area (Å²) in [4.78, 5) is 0. The van der Waals surface area contributed by atoms with Crippen LogP contribution in [0.2, 0.25) is 0 Å². The van der Waals surface area contributed by atoms with E-state index in [0.29, 0.717) is 0 Å². The predicted molar refractivity (Wildman–Crippen MR) is 80.7 cm³/mol. The zero-order valence-corrected chi connectivity index (χ0v) is 13.1. The maximum Gasteiger partial charge on any atom is 0.0784 e. The summed E-state index contributed by atoms with van der Waals surface area (Å²) < 4.78 is 4.01. The van der Waals surface area contributed by atoms with Gasteiger partial charge in [-0.3, -0.25) is 9.36 Å². The lowest BCUT2D eigenvalue weighted by Crippen LogP contribution is -2.26. The lowest BCUT2D eigenvalue weighted by atomic mass is 10.0. The van der Waals surface area contributed by atoms with Crippen LogP contribution >= 0.6 is 0 Å². The molecule has 2 aromatic rings. The fraction of sp³-hybridized carbons (Fsp3) is 0.600. The summed E-state index contributed by atoms with van der Waals surface area (Å²) >= 11 is 0. The normalized spacial score (nSPS) is 12.8. The van der Waals surface area contributed by atoms with Crippen molar-refractivity contribution in [3.8, 4) is 0 Å². The molecule has 20 heavy (non-hydrogen) atoms. The van der Waals surface area contributed by atoms with Gasteiger partial charge < -0.3 is 5.32 Å². The van der Waals surface area contributed by atoms with E-state index in [0.717, 1.165) is 25.2 Å². The quantitative estimate of drug-likeness (QED) is 0.880. The number of aromatic nitrogens is 4. The van der Waals surface area contributed by atoms with Crippen molar-refractivity contribution in [1.82, 2.24) is 24.9 Å². The molecule has 1 N–H and O–H groups in total. The zero-order valence-electron chi connectivity index (χ0n) is 13.1. The van der Waals surface area contributed by atoms with E-state index in [1.165, 1.54) is 17.0 Å². The summed E-state index contributed by atoms with van der Waals surface area (Å²) in [6.45, 7) is 10.4. The number of nitrogens with zero attached hydrogens (tertiary/aromatic N) is 4. The van der Waals surface area contributed by atoms with Gasteiger partial charge in [0.2, 0.25) is 0 Å².